The van der Waals surface area contributed by atoms with Gasteiger partial charge in [-0.3, -0.25) is 0 Å². The van der Waals surface area contributed by atoms with Crippen molar-refractivity contribution in [1.29, 1.82) is 0 Å². The number of carboxylic acid groups (broad SMARTS) is 1. The van der Waals surface area contributed by atoms with E-state index in [1.165, 1.54) is 17.2 Å². The van der Waals surface area contributed by atoms with Gasteiger partial charge in [-0.25, -0.2) is 4.79 Å². The highest BCUT2D eigenvalue weighted by Crippen LogP contribution is 2.37. The van der Waals surface area contributed by atoms with Crippen LogP contribution in [0.2, 0.25) is 0 Å². The van der Waals surface area contributed by atoms with E-state index in [9.17, 15) is 4.79 Å². The molecular formula is C14H16O2. The lowest BCUT2D eigenvalue weighted by atomic mass is 10.0. The summed E-state index contributed by atoms with van der Waals surface area (Å²) in [5.41, 5.74) is 3.50. The van der Waals surface area contributed by atoms with Crippen molar-refractivity contribution in [3.05, 3.63) is 47.0 Å². The first kappa shape index (κ1) is 10.9. The van der Waals surface area contributed by atoms with Gasteiger partial charge in [0.15, 0.2) is 0 Å². The number of hydrogen-bond acceptors (Lipinski definition) is 1. The highest BCUT2D eigenvalue weighted by molar-refractivity contribution is 5.81. The minimum atomic E-state index is -0.825. The molecule has 0 spiro atoms. The van der Waals surface area contributed by atoms with Gasteiger partial charge in [0.05, 0.1) is 0 Å². The van der Waals surface area contributed by atoms with Crippen molar-refractivity contribution < 1.29 is 9.90 Å². The van der Waals surface area contributed by atoms with Gasteiger partial charge in [0.25, 0.3) is 0 Å². The smallest absolute Gasteiger partial charge is 0.328 e. The van der Waals surface area contributed by atoms with E-state index in [0.29, 0.717) is 5.92 Å². The molecule has 1 aliphatic rings. The average molecular weight is 216 g/mol. The molecule has 1 N–H and O–H groups in total. The molecule has 0 heterocycles. The number of aliphatic carboxylic acids is 1. The molecule has 16 heavy (non-hydrogen) atoms. The largest absolute Gasteiger partial charge is 0.478 e. The summed E-state index contributed by atoms with van der Waals surface area (Å²) < 4.78 is 0. The van der Waals surface area contributed by atoms with Gasteiger partial charge in [-0.15, -0.1) is 0 Å². The first-order valence-corrected chi connectivity index (χ1v) is 5.64. The lowest BCUT2D eigenvalue weighted by Crippen LogP contribution is -1.98. The molecule has 0 atom stereocenters. The van der Waals surface area contributed by atoms with Crippen LogP contribution in [-0.4, -0.2) is 11.1 Å². The van der Waals surface area contributed by atoms with E-state index in [1.54, 1.807) is 0 Å². The van der Waals surface area contributed by atoms with Crippen molar-refractivity contribution in [2.24, 2.45) is 5.92 Å². The van der Waals surface area contributed by atoms with E-state index < -0.39 is 5.97 Å². The molecule has 2 rings (SSSR count). The predicted octanol–water partition coefficient (Wildman–Crippen LogP) is 2.96. The third-order valence-corrected chi connectivity index (χ3v) is 2.94. The van der Waals surface area contributed by atoms with E-state index in [4.69, 9.17) is 5.11 Å². The summed E-state index contributed by atoms with van der Waals surface area (Å²) in [5.74, 6) is -0.314. The molecule has 1 aromatic rings. The van der Waals surface area contributed by atoms with Gasteiger partial charge in [0, 0.05) is 6.08 Å². The maximum atomic E-state index is 10.7. The first-order chi connectivity index (χ1) is 7.65. The highest BCUT2D eigenvalue weighted by atomic mass is 16.4. The van der Waals surface area contributed by atoms with Gasteiger partial charge < -0.3 is 5.11 Å². The van der Waals surface area contributed by atoms with Crippen molar-refractivity contribution in [2.75, 3.05) is 0 Å². The predicted molar refractivity (Wildman–Crippen MR) is 63.3 cm³/mol. The topological polar surface area (TPSA) is 37.3 Å². The number of allylic oxidation sites excluding steroid dienone is 1. The summed E-state index contributed by atoms with van der Waals surface area (Å²) >= 11 is 0. The Kier molecular flexibility index (Phi) is 3.09. The fourth-order valence-electron chi connectivity index (χ4n) is 1.87. The lowest BCUT2D eigenvalue weighted by molar-refractivity contribution is -0.131. The third-order valence-electron chi connectivity index (χ3n) is 2.94. The highest BCUT2D eigenvalue weighted by Gasteiger charge is 2.26. The molecule has 0 saturated heterocycles. The van der Waals surface area contributed by atoms with E-state index >= 15 is 0 Å². The van der Waals surface area contributed by atoms with Crippen LogP contribution in [0.4, 0.5) is 0 Å². The standard InChI is InChI=1S/C14H16O2/c1-10-2-4-11(5-3-10)8-13(9-14(15)16)12-6-7-12/h2-5,9,12H,6-8H2,1H3,(H,15,16)/b13-9-. The fourth-order valence-corrected chi connectivity index (χ4v) is 1.87. The summed E-state index contributed by atoms with van der Waals surface area (Å²) in [5, 5.41) is 8.81. The van der Waals surface area contributed by atoms with Gasteiger partial charge in [-0.2, -0.15) is 0 Å². The van der Waals surface area contributed by atoms with E-state index in [0.717, 1.165) is 24.8 Å². The Morgan fingerprint density at radius 2 is 2.00 bits per heavy atom. The van der Waals surface area contributed by atoms with Gasteiger partial charge >= 0.3 is 5.97 Å². The summed E-state index contributed by atoms with van der Waals surface area (Å²) in [6, 6.07) is 8.29. The van der Waals surface area contributed by atoms with Crippen LogP contribution >= 0.6 is 0 Å². The van der Waals surface area contributed by atoms with E-state index in [-0.39, 0.29) is 0 Å². The lowest BCUT2D eigenvalue weighted by Gasteiger charge is -2.05. The summed E-state index contributed by atoms with van der Waals surface area (Å²) in [6.45, 7) is 2.05. The van der Waals surface area contributed by atoms with Crippen LogP contribution < -0.4 is 0 Å². The molecule has 84 valence electrons. The Morgan fingerprint density at radius 1 is 1.38 bits per heavy atom. The maximum absolute atomic E-state index is 10.7. The number of carbonyl (C=O) groups is 1. The number of rotatable bonds is 4. The van der Waals surface area contributed by atoms with Crippen LogP contribution in [-0.2, 0) is 11.2 Å². The van der Waals surface area contributed by atoms with Crippen LogP contribution in [0.3, 0.4) is 0 Å². The van der Waals surface area contributed by atoms with E-state index in [2.05, 4.69) is 31.2 Å². The van der Waals surface area contributed by atoms with Crippen molar-refractivity contribution in [1.82, 2.24) is 0 Å². The van der Waals surface area contributed by atoms with Gasteiger partial charge in [-0.05, 0) is 37.7 Å². The average Bonchev–Trinajstić information content (AvgIpc) is 3.03. The second-order valence-electron chi connectivity index (χ2n) is 4.49. The monoisotopic (exact) mass is 216 g/mol. The number of hydrogen-bond donors (Lipinski definition) is 1. The third kappa shape index (κ3) is 2.96. The van der Waals surface area contributed by atoms with Crippen LogP contribution in [0.25, 0.3) is 0 Å². The fraction of sp³-hybridized carbons (Fsp3) is 0.357. The number of benzene rings is 1. The molecule has 0 unspecified atom stereocenters. The zero-order valence-corrected chi connectivity index (χ0v) is 9.44. The number of carboxylic acids is 1. The quantitative estimate of drug-likeness (QED) is 0.786. The molecule has 0 bridgehead atoms. The van der Waals surface area contributed by atoms with Crippen molar-refractivity contribution in [2.45, 2.75) is 26.2 Å². The minimum Gasteiger partial charge on any atom is -0.478 e. The van der Waals surface area contributed by atoms with Gasteiger partial charge in [0.2, 0.25) is 0 Å². The van der Waals surface area contributed by atoms with Gasteiger partial charge in [0.1, 0.15) is 0 Å². The Balaban J connectivity index is 2.11. The molecular weight excluding hydrogens is 200 g/mol. The van der Waals surface area contributed by atoms with Crippen molar-refractivity contribution >= 4 is 5.97 Å². The molecule has 1 aliphatic carbocycles. The molecule has 2 heteroatoms. The molecule has 0 aromatic heterocycles. The van der Waals surface area contributed by atoms with Gasteiger partial charge in [-0.1, -0.05) is 35.4 Å². The summed E-state index contributed by atoms with van der Waals surface area (Å²) in [7, 11) is 0. The first-order valence-electron chi connectivity index (χ1n) is 5.64. The van der Waals surface area contributed by atoms with Crippen LogP contribution in [0.1, 0.15) is 24.0 Å². The number of aryl methyl sites for hydroxylation is 1. The Bertz CT molecular complexity index is 411. The second kappa shape index (κ2) is 4.52. The molecule has 2 nitrogen and oxygen atoms in total. The Labute approximate surface area is 95.6 Å². The Morgan fingerprint density at radius 3 is 2.50 bits per heavy atom. The van der Waals surface area contributed by atoms with E-state index in [1.807, 2.05) is 0 Å². The molecule has 1 aromatic carbocycles. The minimum absolute atomic E-state index is 0.511. The van der Waals surface area contributed by atoms with Crippen LogP contribution in [0.5, 0.6) is 0 Å². The molecule has 0 aliphatic heterocycles. The normalized spacial score (nSPS) is 16.2. The summed E-state index contributed by atoms with van der Waals surface area (Å²) in [4.78, 5) is 10.7. The Hall–Kier alpha value is -1.57. The molecule has 1 fully saturated rings. The van der Waals surface area contributed by atoms with Crippen molar-refractivity contribution in [3.8, 4) is 0 Å². The summed E-state index contributed by atoms with van der Waals surface area (Å²) in [6.07, 6.45) is 4.45. The maximum Gasteiger partial charge on any atom is 0.328 e. The SMILES string of the molecule is Cc1ccc(C/C(=C/C(=O)O)C2CC2)cc1. The van der Waals surface area contributed by atoms with Crippen LogP contribution in [0, 0.1) is 12.8 Å². The zero-order chi connectivity index (χ0) is 11.5. The zero-order valence-electron chi connectivity index (χ0n) is 9.44. The molecule has 0 radical (unpaired) electrons. The van der Waals surface area contributed by atoms with Crippen molar-refractivity contribution in [3.63, 3.8) is 0 Å². The second-order valence-corrected chi connectivity index (χ2v) is 4.49. The molecule has 1 saturated carbocycles. The molecule has 0 amide bonds. The van der Waals surface area contributed by atoms with Crippen LogP contribution in [0.15, 0.2) is 35.9 Å².